The van der Waals surface area contributed by atoms with E-state index in [1.54, 1.807) is 0 Å². The van der Waals surface area contributed by atoms with Crippen LogP contribution in [0.25, 0.3) is 5.69 Å². The Bertz CT molecular complexity index is 906. The second-order valence-corrected chi connectivity index (χ2v) is 8.58. The summed E-state index contributed by atoms with van der Waals surface area (Å²) in [7, 11) is -3.37. The Kier molecular flexibility index (Phi) is 5.15. The predicted molar refractivity (Wildman–Crippen MR) is 99.5 cm³/mol. The summed E-state index contributed by atoms with van der Waals surface area (Å²) in [5.41, 5.74) is 3.72. The van der Waals surface area contributed by atoms with E-state index in [-0.39, 0.29) is 5.91 Å². The molecule has 2 heterocycles. The molecular weight excluding hydrogens is 352 g/mol. The molecule has 0 spiro atoms. The van der Waals surface area contributed by atoms with Gasteiger partial charge in [0.15, 0.2) is 0 Å². The number of carbonyl (C=O) groups excluding carboxylic acids is 1. The lowest BCUT2D eigenvalue weighted by atomic mass is 10.1. The van der Waals surface area contributed by atoms with Gasteiger partial charge in [0.05, 0.1) is 17.6 Å². The Labute approximate surface area is 154 Å². The number of sulfonamides is 1. The highest BCUT2D eigenvalue weighted by Crippen LogP contribution is 2.21. The molecule has 26 heavy (non-hydrogen) atoms. The molecule has 1 N–H and O–H groups in total. The second-order valence-electron chi connectivity index (χ2n) is 6.65. The second kappa shape index (κ2) is 7.20. The fourth-order valence-electron chi connectivity index (χ4n) is 3.44. The van der Waals surface area contributed by atoms with Crippen LogP contribution in [0.2, 0.25) is 0 Å². The lowest BCUT2D eigenvalue weighted by Gasteiger charge is -2.21. The fourth-order valence-corrected chi connectivity index (χ4v) is 4.57. The summed E-state index contributed by atoms with van der Waals surface area (Å²) in [6.45, 7) is 4.61. The molecule has 0 aliphatic carbocycles. The minimum atomic E-state index is -3.37. The van der Waals surface area contributed by atoms with Gasteiger partial charge in [-0.15, -0.1) is 0 Å². The van der Waals surface area contributed by atoms with E-state index in [4.69, 9.17) is 0 Å². The lowest BCUT2D eigenvalue weighted by molar-refractivity contribution is -0.124. The Morgan fingerprint density at radius 1 is 1.27 bits per heavy atom. The first-order valence-electron chi connectivity index (χ1n) is 8.64. The van der Waals surface area contributed by atoms with Crippen LogP contribution in [-0.2, 0) is 21.4 Å². The number of aryl methyl sites for hydroxylation is 1. The fraction of sp³-hybridized carbons (Fsp3) is 0.444. The number of hydrogen-bond acceptors (Lipinski definition) is 4. The third kappa shape index (κ3) is 3.66. The van der Waals surface area contributed by atoms with Crippen LogP contribution in [0.3, 0.4) is 0 Å². The third-order valence-corrected chi connectivity index (χ3v) is 6.10. The topological polar surface area (TPSA) is 84.3 Å². The highest BCUT2D eigenvalue weighted by atomic mass is 32.2. The first-order valence-corrected chi connectivity index (χ1v) is 10.5. The smallest absolute Gasteiger partial charge is 0.238 e. The van der Waals surface area contributed by atoms with E-state index in [2.05, 4.69) is 10.4 Å². The summed E-state index contributed by atoms with van der Waals surface area (Å²) < 4.78 is 26.8. The number of hydrogen-bond donors (Lipinski definition) is 1. The largest absolute Gasteiger partial charge is 0.350 e. The molecule has 7 nitrogen and oxygen atoms in total. The maximum atomic E-state index is 12.5. The molecule has 1 unspecified atom stereocenters. The molecule has 1 aromatic carbocycles. The van der Waals surface area contributed by atoms with Gasteiger partial charge in [0, 0.05) is 24.3 Å². The Morgan fingerprint density at radius 2 is 1.96 bits per heavy atom. The van der Waals surface area contributed by atoms with Crippen molar-refractivity contribution in [3.63, 3.8) is 0 Å². The maximum absolute atomic E-state index is 12.5. The average Bonchev–Trinajstić information content (AvgIpc) is 3.19. The van der Waals surface area contributed by atoms with E-state index in [1.165, 1.54) is 4.31 Å². The number of para-hydroxylation sites is 1. The van der Waals surface area contributed by atoms with Crippen molar-refractivity contribution in [2.24, 2.45) is 0 Å². The molecule has 0 saturated carbocycles. The number of nitrogens with one attached hydrogen (secondary N) is 1. The van der Waals surface area contributed by atoms with Crippen molar-refractivity contribution < 1.29 is 13.2 Å². The normalized spacial score (nSPS) is 18.2. The minimum absolute atomic E-state index is 0.251. The molecule has 0 bridgehead atoms. The van der Waals surface area contributed by atoms with Crippen LogP contribution in [-0.4, -0.2) is 47.3 Å². The van der Waals surface area contributed by atoms with Crippen molar-refractivity contribution in [3.8, 4) is 5.69 Å². The van der Waals surface area contributed by atoms with E-state index < -0.39 is 16.1 Å². The number of aromatic nitrogens is 2. The standard InChI is InChI=1S/C18H24N4O3S/c1-13-16(14(2)22(20-13)15-8-5-4-6-9-15)12-19-18(23)17-10-7-11-21(17)26(3,24)25/h4-6,8-9,17H,7,10-12H2,1-3H3,(H,19,23). The van der Waals surface area contributed by atoms with Crippen molar-refractivity contribution in [2.75, 3.05) is 12.8 Å². The van der Waals surface area contributed by atoms with Gasteiger partial charge >= 0.3 is 0 Å². The van der Waals surface area contributed by atoms with E-state index in [0.29, 0.717) is 25.9 Å². The van der Waals surface area contributed by atoms with Gasteiger partial charge in [0.2, 0.25) is 15.9 Å². The predicted octanol–water partition coefficient (Wildman–Crippen LogP) is 1.53. The highest BCUT2D eigenvalue weighted by Gasteiger charge is 2.36. The summed E-state index contributed by atoms with van der Waals surface area (Å²) in [4.78, 5) is 12.5. The van der Waals surface area contributed by atoms with Crippen molar-refractivity contribution in [1.29, 1.82) is 0 Å². The van der Waals surface area contributed by atoms with Gasteiger partial charge in [0.25, 0.3) is 0 Å². The van der Waals surface area contributed by atoms with Crippen molar-refractivity contribution >= 4 is 15.9 Å². The molecular formula is C18H24N4O3S. The Hall–Kier alpha value is -2.19. The van der Waals surface area contributed by atoms with E-state index in [1.807, 2.05) is 48.9 Å². The van der Waals surface area contributed by atoms with E-state index in [9.17, 15) is 13.2 Å². The molecule has 1 aliphatic rings. The van der Waals surface area contributed by atoms with Crippen LogP contribution >= 0.6 is 0 Å². The molecule has 2 aromatic rings. The monoisotopic (exact) mass is 376 g/mol. The molecule has 140 valence electrons. The quantitative estimate of drug-likeness (QED) is 0.858. The molecule has 1 atom stereocenters. The van der Waals surface area contributed by atoms with Crippen molar-refractivity contribution in [3.05, 3.63) is 47.3 Å². The van der Waals surface area contributed by atoms with E-state index >= 15 is 0 Å². The summed E-state index contributed by atoms with van der Waals surface area (Å²) in [6, 6.07) is 9.19. The molecule has 1 fully saturated rings. The maximum Gasteiger partial charge on any atom is 0.238 e. The molecule has 1 aromatic heterocycles. The SMILES string of the molecule is Cc1nn(-c2ccccc2)c(C)c1CNC(=O)C1CCCN1S(C)(=O)=O. The first kappa shape index (κ1) is 18.6. The first-order chi connectivity index (χ1) is 12.3. The van der Waals surface area contributed by atoms with Gasteiger partial charge in [-0.25, -0.2) is 13.1 Å². The number of amides is 1. The van der Waals surface area contributed by atoms with Gasteiger partial charge in [-0.1, -0.05) is 18.2 Å². The van der Waals surface area contributed by atoms with Crippen LogP contribution in [0.4, 0.5) is 0 Å². The summed E-state index contributed by atoms with van der Waals surface area (Å²) in [6.07, 6.45) is 2.41. The summed E-state index contributed by atoms with van der Waals surface area (Å²) in [5.74, 6) is -0.251. The van der Waals surface area contributed by atoms with Gasteiger partial charge in [-0.3, -0.25) is 4.79 Å². The number of benzene rings is 1. The van der Waals surface area contributed by atoms with Crippen LogP contribution in [0.1, 0.15) is 29.8 Å². The van der Waals surface area contributed by atoms with Crippen LogP contribution in [0, 0.1) is 13.8 Å². The molecule has 1 aliphatic heterocycles. The Balaban J connectivity index is 1.74. The zero-order valence-corrected chi connectivity index (χ0v) is 16.1. The van der Waals surface area contributed by atoms with Crippen LogP contribution in [0.15, 0.2) is 30.3 Å². The minimum Gasteiger partial charge on any atom is -0.350 e. The third-order valence-electron chi connectivity index (χ3n) is 4.81. The molecule has 3 rings (SSSR count). The molecule has 1 amide bonds. The van der Waals surface area contributed by atoms with Crippen LogP contribution < -0.4 is 5.32 Å². The van der Waals surface area contributed by atoms with Crippen molar-refractivity contribution in [2.45, 2.75) is 39.3 Å². The number of nitrogens with zero attached hydrogens (tertiary/aromatic N) is 3. The summed E-state index contributed by atoms with van der Waals surface area (Å²) >= 11 is 0. The summed E-state index contributed by atoms with van der Waals surface area (Å²) in [5, 5.41) is 7.46. The van der Waals surface area contributed by atoms with Gasteiger partial charge in [-0.05, 0) is 38.8 Å². The molecule has 8 heteroatoms. The van der Waals surface area contributed by atoms with Crippen LogP contribution in [0.5, 0.6) is 0 Å². The van der Waals surface area contributed by atoms with Crippen molar-refractivity contribution in [1.82, 2.24) is 19.4 Å². The highest BCUT2D eigenvalue weighted by molar-refractivity contribution is 7.88. The number of carbonyl (C=O) groups is 1. The molecule has 1 saturated heterocycles. The lowest BCUT2D eigenvalue weighted by Crippen LogP contribution is -2.45. The number of rotatable bonds is 5. The van der Waals surface area contributed by atoms with Gasteiger partial charge < -0.3 is 5.32 Å². The zero-order valence-electron chi connectivity index (χ0n) is 15.3. The van der Waals surface area contributed by atoms with Gasteiger partial charge in [0.1, 0.15) is 6.04 Å². The Morgan fingerprint density at radius 3 is 2.62 bits per heavy atom. The average molecular weight is 376 g/mol. The molecule has 0 radical (unpaired) electrons. The van der Waals surface area contributed by atoms with E-state index in [0.717, 1.165) is 28.9 Å². The zero-order chi connectivity index (χ0) is 18.9. The van der Waals surface area contributed by atoms with Gasteiger partial charge in [-0.2, -0.15) is 9.40 Å².